The minimum absolute atomic E-state index is 0.410. The van der Waals surface area contributed by atoms with Crippen LogP contribution >= 0.6 is 0 Å². The standard InChI is InChI=1S/C12H18N2O2/c1-2-10(13)11(15)12(16)14-8-9-6-4-3-5-7-9/h3-7,10-11,15H,2,8,13H2,1H3,(H,14,16)/t10-,11?/m0/s1. The third-order valence-electron chi connectivity index (χ3n) is 2.46. The number of aliphatic hydroxyl groups excluding tert-OH is 1. The Kier molecular flexibility index (Phi) is 4.95. The lowest BCUT2D eigenvalue weighted by atomic mass is 10.1. The molecule has 1 aromatic rings. The molecule has 1 amide bonds. The van der Waals surface area contributed by atoms with E-state index in [-0.39, 0.29) is 0 Å². The van der Waals surface area contributed by atoms with Gasteiger partial charge < -0.3 is 16.2 Å². The predicted octanol–water partition coefficient (Wildman–Crippen LogP) is 0.401. The fourth-order valence-electron chi connectivity index (χ4n) is 1.31. The van der Waals surface area contributed by atoms with E-state index in [1.165, 1.54) is 0 Å². The van der Waals surface area contributed by atoms with Crippen molar-refractivity contribution in [2.75, 3.05) is 0 Å². The number of nitrogens with one attached hydrogen (secondary N) is 1. The number of nitrogens with two attached hydrogens (primary N) is 1. The molecule has 0 aliphatic carbocycles. The maximum atomic E-state index is 11.5. The van der Waals surface area contributed by atoms with Gasteiger partial charge in [0.15, 0.2) is 0 Å². The van der Waals surface area contributed by atoms with Crippen LogP contribution in [-0.2, 0) is 11.3 Å². The summed E-state index contributed by atoms with van der Waals surface area (Å²) in [7, 11) is 0. The second-order valence-corrected chi connectivity index (χ2v) is 3.72. The first-order valence-electron chi connectivity index (χ1n) is 5.40. The van der Waals surface area contributed by atoms with Gasteiger partial charge in [-0.05, 0) is 12.0 Å². The smallest absolute Gasteiger partial charge is 0.250 e. The van der Waals surface area contributed by atoms with Gasteiger partial charge >= 0.3 is 0 Å². The highest BCUT2D eigenvalue weighted by Crippen LogP contribution is 1.99. The first-order chi connectivity index (χ1) is 7.65. The highest BCUT2D eigenvalue weighted by molar-refractivity contribution is 5.81. The van der Waals surface area contributed by atoms with Gasteiger partial charge in [0.05, 0.1) is 0 Å². The Balaban J connectivity index is 2.41. The average molecular weight is 222 g/mol. The molecule has 16 heavy (non-hydrogen) atoms. The topological polar surface area (TPSA) is 75.3 Å². The van der Waals surface area contributed by atoms with Crippen molar-refractivity contribution in [3.8, 4) is 0 Å². The molecule has 0 spiro atoms. The number of hydrogen-bond donors (Lipinski definition) is 3. The molecular formula is C12H18N2O2. The molecule has 0 bridgehead atoms. The normalized spacial score (nSPS) is 14.2. The summed E-state index contributed by atoms with van der Waals surface area (Å²) in [4.78, 5) is 11.5. The highest BCUT2D eigenvalue weighted by atomic mass is 16.3. The second kappa shape index (κ2) is 6.25. The van der Waals surface area contributed by atoms with Crippen LogP contribution in [-0.4, -0.2) is 23.2 Å². The second-order valence-electron chi connectivity index (χ2n) is 3.72. The van der Waals surface area contributed by atoms with Gasteiger partial charge in [-0.1, -0.05) is 37.3 Å². The summed E-state index contributed by atoms with van der Waals surface area (Å²) in [6.07, 6.45) is -0.561. The van der Waals surface area contributed by atoms with Crippen LogP contribution in [0.25, 0.3) is 0 Å². The van der Waals surface area contributed by atoms with Gasteiger partial charge in [0.1, 0.15) is 6.10 Å². The Bertz CT molecular complexity index is 327. The molecule has 4 N–H and O–H groups in total. The molecule has 88 valence electrons. The zero-order valence-corrected chi connectivity index (χ0v) is 9.39. The largest absolute Gasteiger partial charge is 0.382 e. The van der Waals surface area contributed by atoms with E-state index in [1.807, 2.05) is 37.3 Å². The maximum absolute atomic E-state index is 11.5. The fraction of sp³-hybridized carbons (Fsp3) is 0.417. The molecule has 1 unspecified atom stereocenters. The Labute approximate surface area is 95.5 Å². The fourth-order valence-corrected chi connectivity index (χ4v) is 1.31. The molecule has 0 aromatic heterocycles. The van der Waals surface area contributed by atoms with Crippen LogP contribution in [0.1, 0.15) is 18.9 Å². The van der Waals surface area contributed by atoms with Gasteiger partial charge in [0.25, 0.3) is 5.91 Å². The zero-order chi connectivity index (χ0) is 12.0. The lowest BCUT2D eigenvalue weighted by Gasteiger charge is -2.16. The summed E-state index contributed by atoms with van der Waals surface area (Å²) in [6.45, 7) is 2.24. The number of amides is 1. The molecule has 2 atom stereocenters. The summed E-state index contributed by atoms with van der Waals surface area (Å²) in [5.41, 5.74) is 6.57. The number of benzene rings is 1. The first kappa shape index (κ1) is 12.7. The first-order valence-corrected chi connectivity index (χ1v) is 5.40. The van der Waals surface area contributed by atoms with Crippen LogP contribution in [0, 0.1) is 0 Å². The van der Waals surface area contributed by atoms with Crippen molar-refractivity contribution in [1.82, 2.24) is 5.32 Å². The molecule has 1 aromatic carbocycles. The van der Waals surface area contributed by atoms with E-state index in [1.54, 1.807) is 0 Å². The molecule has 4 heteroatoms. The summed E-state index contributed by atoms with van der Waals surface area (Å²) in [5, 5.41) is 12.2. The van der Waals surface area contributed by atoms with E-state index in [0.29, 0.717) is 13.0 Å². The van der Waals surface area contributed by atoms with Crippen LogP contribution in [0.2, 0.25) is 0 Å². The van der Waals surface area contributed by atoms with Crippen LogP contribution < -0.4 is 11.1 Å². The Morgan fingerprint density at radius 3 is 2.62 bits per heavy atom. The monoisotopic (exact) mass is 222 g/mol. The number of hydrogen-bond acceptors (Lipinski definition) is 3. The quantitative estimate of drug-likeness (QED) is 0.675. The summed E-state index contributed by atoms with van der Waals surface area (Å²) >= 11 is 0. The maximum Gasteiger partial charge on any atom is 0.250 e. The van der Waals surface area contributed by atoms with Crippen molar-refractivity contribution in [3.63, 3.8) is 0 Å². The Morgan fingerprint density at radius 1 is 1.44 bits per heavy atom. The van der Waals surface area contributed by atoms with Crippen LogP contribution in [0.3, 0.4) is 0 Å². The Hall–Kier alpha value is -1.39. The Morgan fingerprint density at radius 2 is 2.06 bits per heavy atom. The lowest BCUT2D eigenvalue weighted by molar-refractivity contribution is -0.130. The van der Waals surface area contributed by atoms with Gasteiger partial charge in [-0.3, -0.25) is 4.79 Å². The number of rotatable bonds is 5. The summed E-state index contributed by atoms with van der Waals surface area (Å²) < 4.78 is 0. The van der Waals surface area contributed by atoms with Crippen LogP contribution in [0.15, 0.2) is 30.3 Å². The molecular weight excluding hydrogens is 204 g/mol. The molecule has 0 aliphatic rings. The van der Waals surface area contributed by atoms with Crippen molar-refractivity contribution >= 4 is 5.91 Å². The molecule has 0 fully saturated rings. The minimum atomic E-state index is -1.13. The number of carbonyl (C=O) groups excluding carboxylic acids is 1. The van der Waals surface area contributed by atoms with Crippen molar-refractivity contribution < 1.29 is 9.90 Å². The van der Waals surface area contributed by atoms with Gasteiger partial charge in [0.2, 0.25) is 0 Å². The van der Waals surface area contributed by atoms with Crippen molar-refractivity contribution in [1.29, 1.82) is 0 Å². The molecule has 0 aliphatic heterocycles. The van der Waals surface area contributed by atoms with E-state index in [2.05, 4.69) is 5.32 Å². The third-order valence-corrected chi connectivity index (χ3v) is 2.46. The van der Waals surface area contributed by atoms with E-state index in [4.69, 9.17) is 5.73 Å². The minimum Gasteiger partial charge on any atom is -0.382 e. The van der Waals surface area contributed by atoms with Crippen molar-refractivity contribution in [2.45, 2.75) is 32.0 Å². The number of carbonyl (C=O) groups is 1. The molecule has 0 saturated carbocycles. The molecule has 0 radical (unpaired) electrons. The van der Waals surface area contributed by atoms with E-state index in [0.717, 1.165) is 5.56 Å². The van der Waals surface area contributed by atoms with Crippen molar-refractivity contribution in [2.24, 2.45) is 5.73 Å². The van der Waals surface area contributed by atoms with Gasteiger partial charge in [-0.2, -0.15) is 0 Å². The predicted molar refractivity (Wildman–Crippen MR) is 62.6 cm³/mol. The molecule has 1 rings (SSSR count). The average Bonchev–Trinajstić information content (AvgIpc) is 2.35. The number of aliphatic hydroxyl groups is 1. The third kappa shape index (κ3) is 3.64. The van der Waals surface area contributed by atoms with E-state index < -0.39 is 18.1 Å². The zero-order valence-electron chi connectivity index (χ0n) is 9.39. The van der Waals surface area contributed by atoms with Gasteiger partial charge in [-0.15, -0.1) is 0 Å². The lowest BCUT2D eigenvalue weighted by Crippen LogP contribution is -2.45. The highest BCUT2D eigenvalue weighted by Gasteiger charge is 2.20. The van der Waals surface area contributed by atoms with E-state index >= 15 is 0 Å². The molecule has 4 nitrogen and oxygen atoms in total. The molecule has 0 heterocycles. The van der Waals surface area contributed by atoms with Crippen LogP contribution in [0.5, 0.6) is 0 Å². The summed E-state index contributed by atoms with van der Waals surface area (Å²) in [5.74, 6) is -0.418. The molecule has 0 saturated heterocycles. The van der Waals surface area contributed by atoms with Crippen molar-refractivity contribution in [3.05, 3.63) is 35.9 Å². The SMILES string of the molecule is CC[C@H](N)C(O)C(=O)NCc1ccccc1. The van der Waals surface area contributed by atoms with Gasteiger partial charge in [0, 0.05) is 12.6 Å². The van der Waals surface area contributed by atoms with Crippen LogP contribution in [0.4, 0.5) is 0 Å². The van der Waals surface area contributed by atoms with Gasteiger partial charge in [-0.25, -0.2) is 0 Å². The van der Waals surface area contributed by atoms with E-state index in [9.17, 15) is 9.90 Å². The summed E-state index contributed by atoms with van der Waals surface area (Å²) in [6, 6.07) is 9.02.